The maximum absolute atomic E-state index is 13.8. The van der Waals surface area contributed by atoms with Crippen molar-refractivity contribution in [3.63, 3.8) is 0 Å². The van der Waals surface area contributed by atoms with Crippen molar-refractivity contribution < 1.29 is 22.7 Å². The number of ether oxygens (including phenoxy) is 1. The predicted octanol–water partition coefficient (Wildman–Crippen LogP) is 5.43. The summed E-state index contributed by atoms with van der Waals surface area (Å²) in [5, 5.41) is 3.15. The highest BCUT2D eigenvalue weighted by atomic mass is 79.9. The summed E-state index contributed by atoms with van der Waals surface area (Å²) in [6, 6.07) is 21.1. The molecule has 0 spiro atoms. The van der Waals surface area contributed by atoms with Gasteiger partial charge in [-0.05, 0) is 54.8 Å². The average molecular weight is 665 g/mol. The van der Waals surface area contributed by atoms with Gasteiger partial charge in [-0.3, -0.25) is 13.9 Å². The standard InChI is InChI=1S/C30H35BrClN3O5S/c1-4-33-30(37)27(19-22-9-6-5-7-10-22)34(21-23-12-14-24(31)15-13-23)29(36)11-8-18-35(41(3,38)39)25-16-17-28(40-2)26(32)20-25/h5-7,9-10,12-17,20,27H,4,8,11,18-19,21H2,1-3H3,(H,33,37). The Hall–Kier alpha value is -3.08. The van der Waals surface area contributed by atoms with Gasteiger partial charge in [0.25, 0.3) is 0 Å². The fourth-order valence-corrected chi connectivity index (χ4v) is 5.92. The minimum Gasteiger partial charge on any atom is -0.495 e. The Morgan fingerprint density at radius 3 is 2.29 bits per heavy atom. The van der Waals surface area contributed by atoms with Gasteiger partial charge in [0, 0.05) is 36.9 Å². The summed E-state index contributed by atoms with van der Waals surface area (Å²) >= 11 is 9.68. The van der Waals surface area contributed by atoms with Crippen molar-refractivity contribution >= 4 is 55.1 Å². The van der Waals surface area contributed by atoms with Crippen LogP contribution in [0.3, 0.4) is 0 Å². The number of hydrogen-bond acceptors (Lipinski definition) is 5. The summed E-state index contributed by atoms with van der Waals surface area (Å²) in [6.45, 7) is 2.55. The smallest absolute Gasteiger partial charge is 0.243 e. The number of nitrogens with one attached hydrogen (secondary N) is 1. The van der Waals surface area contributed by atoms with Crippen LogP contribution in [0, 0.1) is 0 Å². The number of hydrogen-bond donors (Lipinski definition) is 1. The van der Waals surface area contributed by atoms with E-state index >= 15 is 0 Å². The van der Waals surface area contributed by atoms with E-state index in [-0.39, 0.29) is 42.8 Å². The molecule has 0 heterocycles. The molecule has 1 unspecified atom stereocenters. The molecule has 0 bridgehead atoms. The number of anilines is 1. The Balaban J connectivity index is 1.86. The number of carbonyl (C=O) groups is 2. The number of nitrogens with zero attached hydrogens (tertiary/aromatic N) is 2. The molecule has 8 nitrogen and oxygen atoms in total. The number of rotatable bonds is 14. The molecule has 3 aromatic carbocycles. The Bertz CT molecular complexity index is 1420. The number of amides is 2. The second kappa shape index (κ2) is 15.2. The third-order valence-electron chi connectivity index (χ3n) is 6.46. The third kappa shape index (κ3) is 9.48. The molecule has 1 atom stereocenters. The molecule has 11 heteroatoms. The number of benzene rings is 3. The van der Waals surface area contributed by atoms with Crippen molar-refractivity contribution in [1.82, 2.24) is 10.2 Å². The summed E-state index contributed by atoms with van der Waals surface area (Å²) < 4.78 is 32.6. The fraction of sp³-hybridized carbons (Fsp3) is 0.333. The fourth-order valence-electron chi connectivity index (χ4n) is 4.45. The molecule has 0 fully saturated rings. The normalized spacial score (nSPS) is 11.9. The molecule has 3 aromatic rings. The van der Waals surface area contributed by atoms with Crippen molar-refractivity contribution in [2.24, 2.45) is 0 Å². The van der Waals surface area contributed by atoms with Crippen LogP contribution in [0.2, 0.25) is 5.02 Å². The quantitative estimate of drug-likeness (QED) is 0.248. The van der Waals surface area contributed by atoms with E-state index in [9.17, 15) is 18.0 Å². The molecule has 0 saturated heterocycles. The molecule has 0 aromatic heterocycles. The van der Waals surface area contributed by atoms with Crippen LogP contribution >= 0.6 is 27.5 Å². The molecule has 3 rings (SSSR count). The van der Waals surface area contributed by atoms with Gasteiger partial charge in [0.15, 0.2) is 0 Å². The Morgan fingerprint density at radius 1 is 1.02 bits per heavy atom. The lowest BCUT2D eigenvalue weighted by atomic mass is 10.0. The molecule has 0 radical (unpaired) electrons. The molecular formula is C30H35BrClN3O5S. The molecule has 0 aliphatic carbocycles. The SMILES string of the molecule is CCNC(=O)C(Cc1ccccc1)N(Cc1ccc(Br)cc1)C(=O)CCCN(c1ccc(OC)c(Cl)c1)S(C)(=O)=O. The zero-order valence-corrected chi connectivity index (χ0v) is 26.5. The lowest BCUT2D eigenvalue weighted by Gasteiger charge is -2.32. The first-order chi connectivity index (χ1) is 19.5. The highest BCUT2D eigenvalue weighted by Gasteiger charge is 2.30. The summed E-state index contributed by atoms with van der Waals surface area (Å²) in [7, 11) is -2.18. The second-order valence-electron chi connectivity index (χ2n) is 9.51. The van der Waals surface area contributed by atoms with Gasteiger partial charge >= 0.3 is 0 Å². The Morgan fingerprint density at radius 2 is 1.71 bits per heavy atom. The highest BCUT2D eigenvalue weighted by Crippen LogP contribution is 2.30. The molecule has 0 aliphatic rings. The lowest BCUT2D eigenvalue weighted by Crippen LogP contribution is -2.50. The molecule has 2 amide bonds. The maximum atomic E-state index is 13.8. The topological polar surface area (TPSA) is 96.0 Å². The van der Waals surface area contributed by atoms with Gasteiger partial charge in [-0.25, -0.2) is 8.42 Å². The monoisotopic (exact) mass is 663 g/mol. The first kappa shape index (κ1) is 32.4. The van der Waals surface area contributed by atoms with Crippen LogP contribution in [-0.4, -0.2) is 57.6 Å². The molecule has 41 heavy (non-hydrogen) atoms. The van der Waals surface area contributed by atoms with E-state index < -0.39 is 16.1 Å². The first-order valence-electron chi connectivity index (χ1n) is 13.2. The average Bonchev–Trinajstić information content (AvgIpc) is 2.94. The van der Waals surface area contributed by atoms with Gasteiger partial charge in [-0.2, -0.15) is 0 Å². The minimum atomic E-state index is -3.66. The Labute approximate surface area is 255 Å². The van der Waals surface area contributed by atoms with E-state index in [0.717, 1.165) is 21.9 Å². The summed E-state index contributed by atoms with van der Waals surface area (Å²) in [5.74, 6) is -0.0637. The van der Waals surface area contributed by atoms with Crippen LogP contribution in [0.25, 0.3) is 0 Å². The van der Waals surface area contributed by atoms with Crippen LogP contribution in [-0.2, 0) is 32.6 Å². The summed E-state index contributed by atoms with van der Waals surface area (Å²) in [4.78, 5) is 28.7. The molecule has 0 saturated carbocycles. The van der Waals surface area contributed by atoms with Crippen molar-refractivity contribution in [3.8, 4) is 5.75 Å². The third-order valence-corrected chi connectivity index (χ3v) is 8.48. The number of carbonyl (C=O) groups excluding carboxylic acids is 2. The largest absolute Gasteiger partial charge is 0.495 e. The van der Waals surface area contributed by atoms with Crippen molar-refractivity contribution in [2.45, 2.75) is 38.8 Å². The first-order valence-corrected chi connectivity index (χ1v) is 16.2. The zero-order chi connectivity index (χ0) is 30.0. The van der Waals surface area contributed by atoms with Crippen molar-refractivity contribution in [3.05, 3.63) is 93.4 Å². The second-order valence-corrected chi connectivity index (χ2v) is 12.7. The van der Waals surface area contributed by atoms with E-state index in [2.05, 4.69) is 21.2 Å². The summed E-state index contributed by atoms with van der Waals surface area (Å²) in [6.07, 6.45) is 1.73. The van der Waals surface area contributed by atoms with Gasteiger partial charge in [0.05, 0.1) is 24.1 Å². The molecule has 0 aliphatic heterocycles. The van der Waals surface area contributed by atoms with Crippen molar-refractivity contribution in [2.75, 3.05) is 30.8 Å². The summed E-state index contributed by atoms with van der Waals surface area (Å²) in [5.41, 5.74) is 2.17. The van der Waals surface area contributed by atoms with E-state index in [0.29, 0.717) is 24.4 Å². The molecular weight excluding hydrogens is 630 g/mol. The number of methoxy groups -OCH3 is 1. The van der Waals surface area contributed by atoms with Crippen LogP contribution < -0.4 is 14.4 Å². The van der Waals surface area contributed by atoms with E-state index in [1.54, 1.807) is 17.0 Å². The van der Waals surface area contributed by atoms with E-state index in [1.165, 1.54) is 17.5 Å². The Kier molecular flexibility index (Phi) is 12.1. The lowest BCUT2D eigenvalue weighted by molar-refractivity contribution is -0.141. The van der Waals surface area contributed by atoms with Gasteiger partial charge in [0.2, 0.25) is 21.8 Å². The zero-order valence-electron chi connectivity index (χ0n) is 23.3. The van der Waals surface area contributed by atoms with Gasteiger partial charge < -0.3 is 15.0 Å². The van der Waals surface area contributed by atoms with Crippen molar-refractivity contribution in [1.29, 1.82) is 0 Å². The van der Waals surface area contributed by atoms with Gasteiger partial charge in [-0.1, -0.05) is 70.0 Å². The number of likely N-dealkylation sites (N-methyl/N-ethyl adjacent to an activating group) is 1. The van der Waals surface area contributed by atoms with E-state index in [4.69, 9.17) is 16.3 Å². The molecule has 1 N–H and O–H groups in total. The number of sulfonamides is 1. The van der Waals surface area contributed by atoms with Crippen LogP contribution in [0.4, 0.5) is 5.69 Å². The van der Waals surface area contributed by atoms with Crippen LogP contribution in [0.15, 0.2) is 77.3 Å². The highest BCUT2D eigenvalue weighted by molar-refractivity contribution is 9.10. The predicted molar refractivity (Wildman–Crippen MR) is 167 cm³/mol. The van der Waals surface area contributed by atoms with Crippen LogP contribution in [0.1, 0.15) is 30.9 Å². The van der Waals surface area contributed by atoms with E-state index in [1.807, 2.05) is 61.5 Å². The number of halogens is 2. The van der Waals surface area contributed by atoms with Gasteiger partial charge in [0.1, 0.15) is 11.8 Å². The maximum Gasteiger partial charge on any atom is 0.243 e. The molecule has 220 valence electrons. The van der Waals surface area contributed by atoms with Crippen LogP contribution in [0.5, 0.6) is 5.75 Å². The van der Waals surface area contributed by atoms with Gasteiger partial charge in [-0.15, -0.1) is 0 Å². The minimum absolute atomic E-state index is 0.0388.